The topological polar surface area (TPSA) is 74.6 Å². The van der Waals surface area contributed by atoms with Gasteiger partial charge in [0, 0.05) is 25.0 Å². The van der Waals surface area contributed by atoms with Gasteiger partial charge >= 0.3 is 0 Å². The Labute approximate surface area is 121 Å². The van der Waals surface area contributed by atoms with Gasteiger partial charge in [0.2, 0.25) is 0 Å². The van der Waals surface area contributed by atoms with Crippen LogP contribution in [0.1, 0.15) is 51.4 Å². The molecule has 0 spiro atoms. The molecule has 0 heterocycles. The first-order chi connectivity index (χ1) is 9.73. The first kappa shape index (κ1) is 17.3. The van der Waals surface area contributed by atoms with E-state index in [2.05, 4.69) is 0 Å². The van der Waals surface area contributed by atoms with Gasteiger partial charge in [-0.05, 0) is 63.2 Å². The Hall–Kier alpha value is -0.740. The fourth-order valence-corrected chi connectivity index (χ4v) is 3.01. The molecule has 0 saturated heterocycles. The molecule has 2 fully saturated rings. The number of aldehydes is 2. The average molecular weight is 284 g/mol. The zero-order valence-corrected chi connectivity index (χ0v) is 12.2. The Kier molecular flexibility index (Phi) is 8.70. The summed E-state index contributed by atoms with van der Waals surface area (Å²) in [7, 11) is 0. The van der Waals surface area contributed by atoms with Gasteiger partial charge in [-0.25, -0.2) is 0 Å². The molecule has 20 heavy (non-hydrogen) atoms. The van der Waals surface area contributed by atoms with Crippen LogP contribution >= 0.6 is 0 Å². The maximum absolute atomic E-state index is 10.3. The molecular weight excluding hydrogens is 256 g/mol. The summed E-state index contributed by atoms with van der Waals surface area (Å²) in [6.07, 6.45) is 10.1. The molecule has 4 heteroatoms. The summed E-state index contributed by atoms with van der Waals surface area (Å²) in [4.78, 5) is 20.5. The average Bonchev–Trinajstić information content (AvgIpc) is 2.55. The van der Waals surface area contributed by atoms with Crippen molar-refractivity contribution in [1.82, 2.24) is 0 Å². The number of rotatable bonds is 4. The van der Waals surface area contributed by atoms with Gasteiger partial charge in [0.1, 0.15) is 12.6 Å². The van der Waals surface area contributed by atoms with Gasteiger partial charge in [-0.3, -0.25) is 0 Å². The third-order valence-electron chi connectivity index (χ3n) is 4.68. The first-order valence-corrected chi connectivity index (χ1v) is 7.85. The van der Waals surface area contributed by atoms with Crippen LogP contribution in [0.5, 0.6) is 0 Å². The van der Waals surface area contributed by atoms with Crippen molar-refractivity contribution in [2.24, 2.45) is 23.7 Å². The fraction of sp³-hybridized carbons (Fsp3) is 0.875. The highest BCUT2D eigenvalue weighted by Crippen LogP contribution is 2.27. The standard InChI is InChI=1S/C8H16O2.C8H12O2/c2*9-5-7-1-2-8(6-10)4-3-7/h7-10H,1-6H2;5-8H,1-4H2. The molecular formula is C16H28O4. The Bertz CT molecular complexity index is 236. The van der Waals surface area contributed by atoms with E-state index in [1.807, 2.05) is 0 Å². The lowest BCUT2D eigenvalue weighted by Crippen LogP contribution is -2.19. The number of carbonyl (C=O) groups excluding carboxylic acids is 2. The second kappa shape index (κ2) is 10.1. The van der Waals surface area contributed by atoms with Crippen LogP contribution in [0.25, 0.3) is 0 Å². The van der Waals surface area contributed by atoms with Crippen LogP contribution in [0, 0.1) is 23.7 Å². The molecule has 0 radical (unpaired) electrons. The lowest BCUT2D eigenvalue weighted by atomic mass is 9.83. The van der Waals surface area contributed by atoms with E-state index < -0.39 is 0 Å². The van der Waals surface area contributed by atoms with Gasteiger partial charge in [0.25, 0.3) is 0 Å². The minimum Gasteiger partial charge on any atom is -0.396 e. The third kappa shape index (κ3) is 6.14. The Balaban J connectivity index is 0.000000200. The maximum Gasteiger partial charge on any atom is 0.123 e. The van der Waals surface area contributed by atoms with Crippen molar-refractivity contribution in [2.75, 3.05) is 13.2 Å². The lowest BCUT2D eigenvalue weighted by molar-refractivity contribution is -0.115. The largest absolute Gasteiger partial charge is 0.396 e. The first-order valence-electron chi connectivity index (χ1n) is 7.85. The molecule has 2 saturated carbocycles. The van der Waals surface area contributed by atoms with Crippen molar-refractivity contribution in [3.05, 3.63) is 0 Å². The molecule has 0 bridgehead atoms. The number of hydrogen-bond donors (Lipinski definition) is 2. The van der Waals surface area contributed by atoms with Crippen molar-refractivity contribution in [3.8, 4) is 0 Å². The van der Waals surface area contributed by atoms with E-state index in [9.17, 15) is 9.59 Å². The van der Waals surface area contributed by atoms with Crippen molar-refractivity contribution >= 4 is 12.6 Å². The molecule has 2 aliphatic carbocycles. The van der Waals surface area contributed by atoms with Crippen LogP contribution in [-0.2, 0) is 9.59 Å². The molecule has 2 rings (SSSR count). The second-order valence-electron chi connectivity index (χ2n) is 6.20. The molecule has 116 valence electrons. The smallest absolute Gasteiger partial charge is 0.123 e. The summed E-state index contributed by atoms with van der Waals surface area (Å²) in [5, 5.41) is 17.6. The minimum absolute atomic E-state index is 0.233. The van der Waals surface area contributed by atoms with E-state index in [0.29, 0.717) is 25.0 Å². The molecule has 0 aromatic rings. The third-order valence-corrected chi connectivity index (χ3v) is 4.68. The van der Waals surface area contributed by atoms with E-state index in [-0.39, 0.29) is 11.8 Å². The van der Waals surface area contributed by atoms with Crippen molar-refractivity contribution in [1.29, 1.82) is 0 Å². The molecule has 0 aromatic heterocycles. The van der Waals surface area contributed by atoms with E-state index in [1.54, 1.807) is 0 Å². The zero-order valence-electron chi connectivity index (χ0n) is 12.2. The predicted octanol–water partition coefficient (Wildman–Crippen LogP) is 1.97. The molecule has 0 aliphatic heterocycles. The maximum atomic E-state index is 10.3. The van der Waals surface area contributed by atoms with Gasteiger partial charge < -0.3 is 19.8 Å². The number of hydrogen-bond acceptors (Lipinski definition) is 4. The summed E-state index contributed by atoms with van der Waals surface area (Å²) >= 11 is 0. The van der Waals surface area contributed by atoms with Crippen molar-refractivity contribution < 1.29 is 19.8 Å². The number of carbonyl (C=O) groups is 2. The summed E-state index contributed by atoms with van der Waals surface area (Å²) in [6, 6.07) is 0. The normalized spacial score (nSPS) is 33.7. The van der Waals surface area contributed by atoms with E-state index in [1.165, 1.54) is 0 Å². The Morgan fingerprint density at radius 3 is 1.15 bits per heavy atom. The van der Waals surface area contributed by atoms with E-state index >= 15 is 0 Å². The number of aliphatic hydroxyl groups excluding tert-OH is 2. The van der Waals surface area contributed by atoms with Crippen molar-refractivity contribution in [3.63, 3.8) is 0 Å². The molecule has 0 atom stereocenters. The van der Waals surface area contributed by atoms with E-state index in [4.69, 9.17) is 10.2 Å². The number of aliphatic hydroxyl groups is 2. The molecule has 0 amide bonds. The quantitative estimate of drug-likeness (QED) is 0.774. The summed E-state index contributed by atoms with van der Waals surface area (Å²) < 4.78 is 0. The van der Waals surface area contributed by atoms with Gasteiger partial charge in [-0.15, -0.1) is 0 Å². The van der Waals surface area contributed by atoms with Crippen LogP contribution in [0.4, 0.5) is 0 Å². The molecule has 0 aromatic carbocycles. The Morgan fingerprint density at radius 2 is 0.950 bits per heavy atom. The van der Waals surface area contributed by atoms with Crippen LogP contribution in [0.3, 0.4) is 0 Å². The van der Waals surface area contributed by atoms with Crippen LogP contribution < -0.4 is 0 Å². The van der Waals surface area contributed by atoms with Gasteiger partial charge in [0.05, 0.1) is 0 Å². The van der Waals surface area contributed by atoms with Gasteiger partial charge in [-0.2, -0.15) is 0 Å². The summed E-state index contributed by atoms with van der Waals surface area (Å²) in [5.41, 5.74) is 0. The van der Waals surface area contributed by atoms with Gasteiger partial charge in [-0.1, -0.05) is 0 Å². The second-order valence-corrected chi connectivity index (χ2v) is 6.20. The highest BCUT2D eigenvalue weighted by Gasteiger charge is 2.20. The highest BCUT2D eigenvalue weighted by atomic mass is 16.3. The summed E-state index contributed by atoms with van der Waals surface area (Å²) in [6.45, 7) is 0.663. The lowest BCUT2D eigenvalue weighted by Gasteiger charge is -2.25. The monoisotopic (exact) mass is 284 g/mol. The molecule has 2 aliphatic rings. The van der Waals surface area contributed by atoms with Crippen molar-refractivity contribution in [2.45, 2.75) is 51.4 Å². The van der Waals surface area contributed by atoms with E-state index in [0.717, 1.165) is 63.9 Å². The zero-order chi connectivity index (χ0) is 14.8. The van der Waals surface area contributed by atoms with Crippen LogP contribution in [0.2, 0.25) is 0 Å². The summed E-state index contributed by atoms with van der Waals surface area (Å²) in [5.74, 6) is 1.50. The minimum atomic E-state index is 0.233. The SMILES string of the molecule is O=CC1CCC(C=O)CC1.OCC1CCC(CO)CC1. The van der Waals surface area contributed by atoms with Crippen LogP contribution in [0.15, 0.2) is 0 Å². The highest BCUT2D eigenvalue weighted by molar-refractivity contribution is 5.56. The van der Waals surface area contributed by atoms with Gasteiger partial charge in [0.15, 0.2) is 0 Å². The predicted molar refractivity (Wildman–Crippen MR) is 77.2 cm³/mol. The molecule has 4 nitrogen and oxygen atoms in total. The molecule has 0 unspecified atom stereocenters. The Morgan fingerprint density at radius 1 is 0.650 bits per heavy atom. The fourth-order valence-electron chi connectivity index (χ4n) is 3.01. The molecule has 2 N–H and O–H groups in total. The van der Waals surface area contributed by atoms with Crippen LogP contribution in [-0.4, -0.2) is 36.0 Å².